The molecule has 0 aliphatic rings. The van der Waals surface area contributed by atoms with Gasteiger partial charge in [-0.3, -0.25) is 4.79 Å². The Hall–Kier alpha value is -2.21. The Balaban J connectivity index is 1.86. The molecular formula is C15H13BrN2O3. The first-order chi connectivity index (χ1) is 10.1. The SMILES string of the molecule is O=C(O)c1ccc(CCNC(=O)c2cccc(Br)n2)cc1. The molecule has 2 rings (SSSR count). The summed E-state index contributed by atoms with van der Waals surface area (Å²) < 4.78 is 0.611. The van der Waals surface area contributed by atoms with Gasteiger partial charge in [0.15, 0.2) is 0 Å². The van der Waals surface area contributed by atoms with Crippen molar-refractivity contribution in [3.05, 3.63) is 63.9 Å². The predicted molar refractivity (Wildman–Crippen MR) is 81.4 cm³/mol. The number of pyridine rings is 1. The largest absolute Gasteiger partial charge is 0.478 e. The van der Waals surface area contributed by atoms with Gasteiger partial charge in [-0.25, -0.2) is 9.78 Å². The Morgan fingerprint density at radius 3 is 2.48 bits per heavy atom. The smallest absolute Gasteiger partial charge is 0.335 e. The van der Waals surface area contributed by atoms with Crippen LogP contribution >= 0.6 is 15.9 Å². The van der Waals surface area contributed by atoms with Crippen LogP contribution in [0.3, 0.4) is 0 Å². The summed E-state index contributed by atoms with van der Waals surface area (Å²) in [6.07, 6.45) is 0.625. The maximum absolute atomic E-state index is 11.9. The number of carbonyl (C=O) groups excluding carboxylic acids is 1. The van der Waals surface area contributed by atoms with Crippen LogP contribution in [0.4, 0.5) is 0 Å². The van der Waals surface area contributed by atoms with E-state index < -0.39 is 5.97 Å². The van der Waals surface area contributed by atoms with Gasteiger partial charge < -0.3 is 10.4 Å². The molecular weight excluding hydrogens is 336 g/mol. The third-order valence-corrected chi connectivity index (χ3v) is 3.29. The summed E-state index contributed by atoms with van der Waals surface area (Å²) in [5.74, 6) is -1.19. The van der Waals surface area contributed by atoms with Crippen molar-refractivity contribution in [3.63, 3.8) is 0 Å². The number of benzene rings is 1. The first-order valence-electron chi connectivity index (χ1n) is 6.29. The first-order valence-corrected chi connectivity index (χ1v) is 7.08. The maximum Gasteiger partial charge on any atom is 0.335 e. The van der Waals surface area contributed by atoms with Gasteiger partial charge in [-0.1, -0.05) is 18.2 Å². The van der Waals surface area contributed by atoms with Crippen molar-refractivity contribution < 1.29 is 14.7 Å². The van der Waals surface area contributed by atoms with Gasteiger partial charge in [0.1, 0.15) is 10.3 Å². The van der Waals surface area contributed by atoms with Gasteiger partial charge in [0.25, 0.3) is 5.91 Å². The van der Waals surface area contributed by atoms with Gasteiger partial charge in [0, 0.05) is 6.54 Å². The number of rotatable bonds is 5. The number of nitrogens with one attached hydrogen (secondary N) is 1. The fourth-order valence-electron chi connectivity index (χ4n) is 1.76. The summed E-state index contributed by atoms with van der Waals surface area (Å²) in [7, 11) is 0. The molecule has 0 bridgehead atoms. The van der Waals surface area contributed by atoms with Crippen molar-refractivity contribution in [1.82, 2.24) is 10.3 Å². The van der Waals surface area contributed by atoms with E-state index >= 15 is 0 Å². The molecule has 0 radical (unpaired) electrons. The van der Waals surface area contributed by atoms with Crippen LogP contribution in [0.25, 0.3) is 0 Å². The number of hydrogen-bond acceptors (Lipinski definition) is 3. The molecule has 1 aromatic heterocycles. The first kappa shape index (κ1) is 15.2. The Labute approximate surface area is 130 Å². The Morgan fingerprint density at radius 1 is 1.14 bits per heavy atom. The highest BCUT2D eigenvalue weighted by Gasteiger charge is 2.07. The van der Waals surface area contributed by atoms with E-state index in [1.165, 1.54) is 0 Å². The number of carboxylic acid groups (broad SMARTS) is 1. The number of carbonyl (C=O) groups is 2. The minimum Gasteiger partial charge on any atom is -0.478 e. The average molecular weight is 349 g/mol. The van der Waals surface area contributed by atoms with Crippen LogP contribution in [-0.2, 0) is 6.42 Å². The van der Waals surface area contributed by atoms with E-state index in [2.05, 4.69) is 26.2 Å². The summed E-state index contributed by atoms with van der Waals surface area (Å²) in [6.45, 7) is 0.458. The van der Waals surface area contributed by atoms with Crippen molar-refractivity contribution in [2.45, 2.75) is 6.42 Å². The van der Waals surface area contributed by atoms with Crippen molar-refractivity contribution in [2.75, 3.05) is 6.54 Å². The molecule has 108 valence electrons. The Bertz CT molecular complexity index is 656. The molecule has 5 nitrogen and oxygen atoms in total. The van der Waals surface area contributed by atoms with Crippen molar-refractivity contribution in [3.8, 4) is 0 Å². The lowest BCUT2D eigenvalue weighted by atomic mass is 10.1. The summed E-state index contributed by atoms with van der Waals surface area (Å²) in [4.78, 5) is 26.7. The quantitative estimate of drug-likeness (QED) is 0.813. The van der Waals surface area contributed by atoms with Gasteiger partial charge in [-0.2, -0.15) is 0 Å². The minimum atomic E-state index is -0.949. The van der Waals surface area contributed by atoms with Gasteiger partial charge in [-0.05, 0) is 52.2 Å². The molecule has 1 heterocycles. The van der Waals surface area contributed by atoms with Crippen molar-refractivity contribution >= 4 is 27.8 Å². The van der Waals surface area contributed by atoms with E-state index in [-0.39, 0.29) is 11.5 Å². The standard InChI is InChI=1S/C15H13BrN2O3/c16-13-3-1-2-12(18-13)14(19)17-9-8-10-4-6-11(7-5-10)15(20)21/h1-7H,8-9H2,(H,17,19)(H,20,21). The average Bonchev–Trinajstić information content (AvgIpc) is 2.47. The second kappa shape index (κ2) is 6.99. The number of halogens is 1. The van der Waals surface area contributed by atoms with Crippen LogP contribution < -0.4 is 5.32 Å². The molecule has 21 heavy (non-hydrogen) atoms. The monoisotopic (exact) mass is 348 g/mol. The number of amides is 1. The van der Waals surface area contributed by atoms with Gasteiger partial charge in [-0.15, -0.1) is 0 Å². The normalized spacial score (nSPS) is 10.1. The maximum atomic E-state index is 11.9. The molecule has 0 aliphatic heterocycles. The van der Waals surface area contributed by atoms with Crippen LogP contribution in [0, 0.1) is 0 Å². The van der Waals surface area contributed by atoms with Crippen molar-refractivity contribution in [2.24, 2.45) is 0 Å². The zero-order chi connectivity index (χ0) is 15.2. The Morgan fingerprint density at radius 2 is 1.86 bits per heavy atom. The molecule has 1 amide bonds. The summed E-state index contributed by atoms with van der Waals surface area (Å²) in [5.41, 5.74) is 1.56. The minimum absolute atomic E-state index is 0.238. The number of hydrogen-bond donors (Lipinski definition) is 2. The highest BCUT2D eigenvalue weighted by atomic mass is 79.9. The molecule has 0 saturated carbocycles. The second-order valence-corrected chi connectivity index (χ2v) is 5.17. The number of carboxylic acids is 1. The van der Waals surface area contributed by atoms with E-state index in [1.54, 1.807) is 42.5 Å². The zero-order valence-corrected chi connectivity index (χ0v) is 12.6. The van der Waals surface area contributed by atoms with Gasteiger partial charge in [0.05, 0.1) is 5.56 Å². The fourth-order valence-corrected chi connectivity index (χ4v) is 2.10. The Kier molecular flexibility index (Phi) is 5.05. The van der Waals surface area contributed by atoms with Crippen LogP contribution in [0.5, 0.6) is 0 Å². The van der Waals surface area contributed by atoms with Gasteiger partial charge in [0.2, 0.25) is 0 Å². The third-order valence-electron chi connectivity index (χ3n) is 2.85. The summed E-state index contributed by atoms with van der Waals surface area (Å²) >= 11 is 3.21. The lowest BCUT2D eigenvalue weighted by molar-refractivity contribution is 0.0696. The second-order valence-electron chi connectivity index (χ2n) is 4.35. The summed E-state index contributed by atoms with van der Waals surface area (Å²) in [5, 5.41) is 11.6. The molecule has 0 spiro atoms. The topological polar surface area (TPSA) is 79.3 Å². The highest BCUT2D eigenvalue weighted by molar-refractivity contribution is 9.10. The molecule has 0 aliphatic carbocycles. The molecule has 0 unspecified atom stereocenters. The molecule has 2 N–H and O–H groups in total. The third kappa shape index (κ3) is 4.39. The van der Waals surface area contributed by atoms with Crippen LogP contribution in [0.15, 0.2) is 47.1 Å². The lowest BCUT2D eigenvalue weighted by Gasteiger charge is -2.05. The van der Waals surface area contributed by atoms with E-state index in [1.807, 2.05) is 0 Å². The molecule has 0 atom stereocenters. The molecule has 6 heteroatoms. The summed E-state index contributed by atoms with van der Waals surface area (Å²) in [6, 6.07) is 11.7. The lowest BCUT2D eigenvalue weighted by Crippen LogP contribution is -2.26. The van der Waals surface area contributed by atoms with E-state index in [0.29, 0.717) is 23.3 Å². The van der Waals surface area contributed by atoms with Crippen molar-refractivity contribution in [1.29, 1.82) is 0 Å². The highest BCUT2D eigenvalue weighted by Crippen LogP contribution is 2.07. The molecule has 0 saturated heterocycles. The van der Waals surface area contributed by atoms with E-state index in [9.17, 15) is 9.59 Å². The van der Waals surface area contributed by atoms with Crippen LogP contribution in [-0.4, -0.2) is 28.5 Å². The van der Waals surface area contributed by atoms with E-state index in [4.69, 9.17) is 5.11 Å². The molecule has 1 aromatic carbocycles. The van der Waals surface area contributed by atoms with Crippen LogP contribution in [0.1, 0.15) is 26.4 Å². The zero-order valence-electron chi connectivity index (χ0n) is 11.0. The molecule has 0 fully saturated rings. The predicted octanol–water partition coefficient (Wildman–Crippen LogP) is 2.51. The van der Waals surface area contributed by atoms with E-state index in [0.717, 1.165) is 5.56 Å². The van der Waals surface area contributed by atoms with Gasteiger partial charge >= 0.3 is 5.97 Å². The van der Waals surface area contributed by atoms with Crippen LogP contribution in [0.2, 0.25) is 0 Å². The number of aromatic carboxylic acids is 1. The fraction of sp³-hybridized carbons (Fsp3) is 0.133. The number of nitrogens with zero attached hydrogens (tertiary/aromatic N) is 1. The molecule has 2 aromatic rings. The number of aromatic nitrogens is 1.